The van der Waals surface area contributed by atoms with Crippen LogP contribution in [0.5, 0.6) is 0 Å². The van der Waals surface area contributed by atoms with E-state index in [1.165, 1.54) is 0 Å². The summed E-state index contributed by atoms with van der Waals surface area (Å²) in [5.41, 5.74) is 1.76. The molecule has 0 radical (unpaired) electrons. The number of halogens is 1. The van der Waals surface area contributed by atoms with Gasteiger partial charge in [-0.3, -0.25) is 4.79 Å². The third kappa shape index (κ3) is 4.61. The molecule has 1 aliphatic heterocycles. The molecule has 0 aromatic heterocycles. The molecule has 5 heteroatoms. The molecule has 1 amide bonds. The molecule has 1 heterocycles. The number of hydrogen-bond donors (Lipinski definition) is 1. The van der Waals surface area contributed by atoms with Crippen molar-refractivity contribution in [1.29, 1.82) is 0 Å². The highest BCUT2D eigenvalue weighted by Crippen LogP contribution is 2.35. The topological polar surface area (TPSA) is 38.3 Å². The Kier molecular flexibility index (Phi) is 7.00. The smallest absolute Gasteiger partial charge is 0.230 e. The van der Waals surface area contributed by atoms with E-state index in [0.29, 0.717) is 19.8 Å². The van der Waals surface area contributed by atoms with Crippen LogP contribution in [0.2, 0.25) is 5.02 Å². The van der Waals surface area contributed by atoms with Crippen LogP contribution in [0.4, 0.5) is 0 Å². The number of carbonyl (C=O) groups is 1. The second-order valence-electron chi connectivity index (χ2n) is 6.46. The predicted octanol–water partition coefficient (Wildman–Crippen LogP) is 4.44. The molecule has 1 saturated heterocycles. The number of hydrogen-bond acceptors (Lipinski definition) is 3. The van der Waals surface area contributed by atoms with Gasteiger partial charge in [0.15, 0.2) is 0 Å². The van der Waals surface area contributed by atoms with Crippen molar-refractivity contribution < 1.29 is 9.53 Å². The van der Waals surface area contributed by atoms with Crippen LogP contribution in [0.25, 0.3) is 0 Å². The molecule has 3 rings (SSSR count). The average molecular weight is 390 g/mol. The van der Waals surface area contributed by atoms with Gasteiger partial charge in [0.1, 0.15) is 0 Å². The Morgan fingerprint density at radius 2 is 1.77 bits per heavy atom. The molecule has 0 saturated carbocycles. The minimum absolute atomic E-state index is 0.116. The Balaban J connectivity index is 1.53. The Hall–Kier alpha value is -1.49. The molecule has 0 spiro atoms. The molecule has 2 aromatic rings. The third-order valence-corrected chi connectivity index (χ3v) is 6.23. The molecule has 0 aliphatic carbocycles. The standard InChI is InChI=1S/C21H24ClNO2S/c22-19-9-5-4-6-17(19)16-26-15-12-23-20(24)21(10-13-25-14-11-21)18-7-2-1-3-8-18/h1-9H,10-16H2,(H,23,24). The van der Waals surface area contributed by atoms with E-state index in [4.69, 9.17) is 16.3 Å². The van der Waals surface area contributed by atoms with Crippen LogP contribution in [0.1, 0.15) is 24.0 Å². The highest BCUT2D eigenvalue weighted by molar-refractivity contribution is 7.98. The number of nitrogens with one attached hydrogen (secondary N) is 1. The van der Waals surface area contributed by atoms with Crippen LogP contribution in [-0.2, 0) is 20.7 Å². The van der Waals surface area contributed by atoms with Gasteiger partial charge in [0.05, 0.1) is 5.41 Å². The van der Waals surface area contributed by atoms with Gasteiger partial charge in [0.25, 0.3) is 0 Å². The molecular formula is C21H24ClNO2S. The Labute approximate surface area is 164 Å². The fourth-order valence-electron chi connectivity index (χ4n) is 3.33. The van der Waals surface area contributed by atoms with Crippen LogP contribution < -0.4 is 5.32 Å². The number of ether oxygens (including phenoxy) is 1. The van der Waals surface area contributed by atoms with Gasteiger partial charge in [0.2, 0.25) is 5.91 Å². The lowest BCUT2D eigenvalue weighted by Crippen LogP contribution is -2.48. The molecule has 1 aliphatic rings. The summed E-state index contributed by atoms with van der Waals surface area (Å²) in [6.45, 7) is 1.91. The lowest BCUT2D eigenvalue weighted by molar-refractivity contribution is -0.130. The molecular weight excluding hydrogens is 366 g/mol. The van der Waals surface area contributed by atoms with Crippen molar-refractivity contribution in [3.05, 3.63) is 70.7 Å². The zero-order chi connectivity index (χ0) is 18.2. The van der Waals surface area contributed by atoms with E-state index in [1.54, 1.807) is 11.8 Å². The fraction of sp³-hybridized carbons (Fsp3) is 0.381. The Morgan fingerprint density at radius 1 is 1.08 bits per heavy atom. The van der Waals surface area contributed by atoms with Crippen molar-refractivity contribution in [3.8, 4) is 0 Å². The van der Waals surface area contributed by atoms with Crippen LogP contribution in [0.15, 0.2) is 54.6 Å². The van der Waals surface area contributed by atoms with Crippen LogP contribution in [0.3, 0.4) is 0 Å². The van der Waals surface area contributed by atoms with Crippen LogP contribution in [0, 0.1) is 0 Å². The Bertz CT molecular complexity index is 717. The SMILES string of the molecule is O=C(NCCSCc1ccccc1Cl)C1(c2ccccc2)CCOCC1. The largest absolute Gasteiger partial charge is 0.381 e. The second kappa shape index (κ2) is 9.45. The van der Waals surface area contributed by atoms with Crippen LogP contribution in [-0.4, -0.2) is 31.4 Å². The van der Waals surface area contributed by atoms with Crippen LogP contribution >= 0.6 is 23.4 Å². The predicted molar refractivity (Wildman–Crippen MR) is 109 cm³/mol. The normalized spacial score (nSPS) is 16.2. The van der Waals surface area contributed by atoms with Gasteiger partial charge in [-0.05, 0) is 30.0 Å². The molecule has 3 nitrogen and oxygen atoms in total. The quantitative estimate of drug-likeness (QED) is 0.711. The summed E-state index contributed by atoms with van der Waals surface area (Å²) in [6.07, 6.45) is 1.46. The zero-order valence-electron chi connectivity index (χ0n) is 14.7. The van der Waals surface area contributed by atoms with Gasteiger partial charge in [-0.25, -0.2) is 0 Å². The number of amides is 1. The number of rotatable bonds is 7. The maximum Gasteiger partial charge on any atom is 0.230 e. The van der Waals surface area contributed by atoms with Gasteiger partial charge < -0.3 is 10.1 Å². The minimum atomic E-state index is -0.465. The van der Waals surface area contributed by atoms with Crippen molar-refractivity contribution in [2.24, 2.45) is 0 Å². The monoisotopic (exact) mass is 389 g/mol. The van der Waals surface area contributed by atoms with Gasteiger partial charge in [0, 0.05) is 36.3 Å². The first-order chi connectivity index (χ1) is 12.7. The minimum Gasteiger partial charge on any atom is -0.381 e. The van der Waals surface area contributed by atoms with Crippen molar-refractivity contribution in [1.82, 2.24) is 5.32 Å². The van der Waals surface area contributed by atoms with E-state index in [1.807, 2.05) is 42.5 Å². The molecule has 2 aromatic carbocycles. The molecule has 0 bridgehead atoms. The molecule has 1 fully saturated rings. The summed E-state index contributed by atoms with van der Waals surface area (Å²) in [7, 11) is 0. The summed E-state index contributed by atoms with van der Waals surface area (Å²) in [5.74, 6) is 1.83. The lowest BCUT2D eigenvalue weighted by atomic mass is 9.73. The third-order valence-electron chi connectivity index (χ3n) is 4.85. The summed E-state index contributed by atoms with van der Waals surface area (Å²) in [6, 6.07) is 18.0. The first-order valence-corrected chi connectivity index (χ1v) is 10.5. The van der Waals surface area contributed by atoms with Gasteiger partial charge in [-0.1, -0.05) is 60.1 Å². The highest BCUT2D eigenvalue weighted by atomic mass is 35.5. The first kappa shape index (κ1) is 19.3. The molecule has 138 valence electrons. The number of thioether (sulfide) groups is 1. The van der Waals surface area contributed by atoms with E-state index >= 15 is 0 Å². The van der Waals surface area contributed by atoms with Crippen molar-refractivity contribution in [2.45, 2.75) is 24.0 Å². The van der Waals surface area contributed by atoms with Gasteiger partial charge >= 0.3 is 0 Å². The van der Waals surface area contributed by atoms with Gasteiger partial charge in [-0.15, -0.1) is 0 Å². The zero-order valence-corrected chi connectivity index (χ0v) is 16.3. The maximum absolute atomic E-state index is 13.0. The summed E-state index contributed by atoms with van der Waals surface area (Å²) in [4.78, 5) is 13.0. The molecule has 0 atom stereocenters. The van der Waals surface area contributed by atoms with Crippen molar-refractivity contribution in [3.63, 3.8) is 0 Å². The number of benzene rings is 2. The first-order valence-electron chi connectivity index (χ1n) is 8.95. The summed E-state index contributed by atoms with van der Waals surface area (Å²) in [5, 5.41) is 3.94. The second-order valence-corrected chi connectivity index (χ2v) is 7.97. The average Bonchev–Trinajstić information content (AvgIpc) is 2.70. The van der Waals surface area contributed by atoms with Gasteiger partial charge in [-0.2, -0.15) is 11.8 Å². The molecule has 0 unspecified atom stereocenters. The van der Waals surface area contributed by atoms with E-state index in [-0.39, 0.29) is 5.91 Å². The van der Waals surface area contributed by atoms with E-state index in [0.717, 1.165) is 40.5 Å². The summed E-state index contributed by atoms with van der Waals surface area (Å²) >= 11 is 7.96. The van der Waals surface area contributed by atoms with E-state index in [2.05, 4.69) is 17.4 Å². The number of carbonyl (C=O) groups excluding carboxylic acids is 1. The molecule has 26 heavy (non-hydrogen) atoms. The van der Waals surface area contributed by atoms with E-state index in [9.17, 15) is 4.79 Å². The van der Waals surface area contributed by atoms with Crippen molar-refractivity contribution >= 4 is 29.3 Å². The maximum atomic E-state index is 13.0. The lowest BCUT2D eigenvalue weighted by Gasteiger charge is -2.36. The Morgan fingerprint density at radius 3 is 2.50 bits per heavy atom. The van der Waals surface area contributed by atoms with E-state index < -0.39 is 5.41 Å². The summed E-state index contributed by atoms with van der Waals surface area (Å²) < 4.78 is 5.50. The van der Waals surface area contributed by atoms with Crippen molar-refractivity contribution in [2.75, 3.05) is 25.5 Å². The fourth-order valence-corrected chi connectivity index (χ4v) is 4.47. The molecule has 1 N–H and O–H groups in total. The highest BCUT2D eigenvalue weighted by Gasteiger charge is 2.41.